The SMILES string of the molecule is O=C(c1cccc(F)c1)N1CCC(S(=O)(=O)c2ccc(Cl)cc2)C1. The van der Waals surface area contributed by atoms with E-state index in [0.717, 1.165) is 6.07 Å². The van der Waals surface area contributed by atoms with E-state index in [2.05, 4.69) is 0 Å². The highest BCUT2D eigenvalue weighted by Crippen LogP contribution is 2.26. The predicted molar refractivity (Wildman–Crippen MR) is 89.3 cm³/mol. The Hall–Kier alpha value is -1.92. The number of carbonyl (C=O) groups is 1. The van der Waals surface area contributed by atoms with Gasteiger partial charge in [0, 0.05) is 23.7 Å². The summed E-state index contributed by atoms with van der Waals surface area (Å²) in [6, 6.07) is 11.4. The number of halogens is 2. The Labute approximate surface area is 144 Å². The van der Waals surface area contributed by atoms with Gasteiger partial charge in [-0.15, -0.1) is 0 Å². The zero-order valence-electron chi connectivity index (χ0n) is 12.7. The maximum atomic E-state index is 13.3. The second-order valence-corrected chi connectivity index (χ2v) is 8.34. The molecule has 0 aromatic heterocycles. The lowest BCUT2D eigenvalue weighted by molar-refractivity contribution is 0.0792. The predicted octanol–water partition coefficient (Wildman–Crippen LogP) is 3.17. The summed E-state index contributed by atoms with van der Waals surface area (Å²) < 4.78 is 38.6. The molecule has 2 aromatic carbocycles. The summed E-state index contributed by atoms with van der Waals surface area (Å²) in [6.45, 7) is 0.424. The van der Waals surface area contributed by atoms with Crippen molar-refractivity contribution in [2.45, 2.75) is 16.6 Å². The van der Waals surface area contributed by atoms with Crippen LogP contribution in [0.3, 0.4) is 0 Å². The topological polar surface area (TPSA) is 54.5 Å². The van der Waals surface area contributed by atoms with Gasteiger partial charge in [0.15, 0.2) is 9.84 Å². The number of nitrogens with zero attached hydrogens (tertiary/aromatic N) is 1. The molecule has 0 bridgehead atoms. The van der Waals surface area contributed by atoms with Gasteiger partial charge in [0.2, 0.25) is 0 Å². The second-order valence-electron chi connectivity index (χ2n) is 5.67. The number of benzene rings is 2. The largest absolute Gasteiger partial charge is 0.337 e. The first-order chi connectivity index (χ1) is 11.4. The van der Waals surface area contributed by atoms with E-state index >= 15 is 0 Å². The average Bonchev–Trinajstić information content (AvgIpc) is 3.05. The molecule has 7 heteroatoms. The molecule has 1 fully saturated rings. The highest BCUT2D eigenvalue weighted by Gasteiger charge is 2.36. The number of hydrogen-bond acceptors (Lipinski definition) is 3. The minimum atomic E-state index is -3.54. The van der Waals surface area contributed by atoms with Crippen LogP contribution < -0.4 is 0 Å². The van der Waals surface area contributed by atoms with Crippen molar-refractivity contribution in [3.63, 3.8) is 0 Å². The number of carbonyl (C=O) groups excluding carboxylic acids is 1. The zero-order chi connectivity index (χ0) is 17.3. The van der Waals surface area contributed by atoms with Gasteiger partial charge in [0.25, 0.3) is 5.91 Å². The molecule has 0 saturated carbocycles. The highest BCUT2D eigenvalue weighted by atomic mass is 35.5. The number of likely N-dealkylation sites (tertiary alicyclic amines) is 1. The Morgan fingerprint density at radius 1 is 1.17 bits per heavy atom. The number of rotatable bonds is 3. The van der Waals surface area contributed by atoms with Crippen molar-refractivity contribution in [2.75, 3.05) is 13.1 Å². The molecule has 1 aliphatic heterocycles. The van der Waals surface area contributed by atoms with E-state index in [0.29, 0.717) is 18.0 Å². The van der Waals surface area contributed by atoms with E-state index in [4.69, 9.17) is 11.6 Å². The van der Waals surface area contributed by atoms with Crippen LogP contribution in [0.4, 0.5) is 4.39 Å². The normalized spacial score (nSPS) is 17.9. The molecule has 1 amide bonds. The Morgan fingerprint density at radius 2 is 1.88 bits per heavy atom. The summed E-state index contributed by atoms with van der Waals surface area (Å²) in [5.41, 5.74) is 0.222. The van der Waals surface area contributed by atoms with Crippen LogP contribution in [0.25, 0.3) is 0 Å². The minimum absolute atomic E-state index is 0.0975. The van der Waals surface area contributed by atoms with Crippen LogP contribution in [-0.4, -0.2) is 37.6 Å². The Bertz CT molecular complexity index is 868. The average molecular weight is 368 g/mol. The molecule has 1 unspecified atom stereocenters. The van der Waals surface area contributed by atoms with Gasteiger partial charge in [-0.2, -0.15) is 0 Å². The lowest BCUT2D eigenvalue weighted by Gasteiger charge is -2.17. The molecule has 0 aliphatic carbocycles. The van der Waals surface area contributed by atoms with Crippen molar-refractivity contribution in [1.29, 1.82) is 0 Å². The van der Waals surface area contributed by atoms with Crippen molar-refractivity contribution in [1.82, 2.24) is 4.90 Å². The van der Waals surface area contributed by atoms with E-state index in [1.54, 1.807) is 0 Å². The van der Waals surface area contributed by atoms with Gasteiger partial charge in [-0.1, -0.05) is 17.7 Å². The van der Waals surface area contributed by atoms with Crippen molar-refractivity contribution in [2.24, 2.45) is 0 Å². The van der Waals surface area contributed by atoms with Crippen molar-refractivity contribution < 1.29 is 17.6 Å². The third-order valence-electron chi connectivity index (χ3n) is 4.08. The van der Waals surface area contributed by atoms with Crippen LogP contribution in [0.1, 0.15) is 16.8 Å². The van der Waals surface area contributed by atoms with E-state index in [9.17, 15) is 17.6 Å². The Balaban J connectivity index is 1.77. The van der Waals surface area contributed by atoms with Gasteiger partial charge in [-0.25, -0.2) is 12.8 Å². The quantitative estimate of drug-likeness (QED) is 0.837. The lowest BCUT2D eigenvalue weighted by Crippen LogP contribution is -2.32. The second kappa shape index (κ2) is 6.53. The number of hydrogen-bond donors (Lipinski definition) is 0. The molecule has 2 aromatic rings. The van der Waals surface area contributed by atoms with E-state index in [1.807, 2.05) is 0 Å². The summed E-state index contributed by atoms with van der Waals surface area (Å²) in [4.78, 5) is 14.0. The lowest BCUT2D eigenvalue weighted by atomic mass is 10.2. The van der Waals surface area contributed by atoms with Crippen LogP contribution in [0.15, 0.2) is 53.4 Å². The van der Waals surface area contributed by atoms with E-state index in [1.165, 1.54) is 47.4 Å². The molecule has 1 aliphatic rings. The third kappa shape index (κ3) is 3.30. The van der Waals surface area contributed by atoms with Crippen LogP contribution >= 0.6 is 11.6 Å². The van der Waals surface area contributed by atoms with Gasteiger partial charge in [-0.3, -0.25) is 4.79 Å². The first-order valence-corrected chi connectivity index (χ1v) is 9.34. The fraction of sp³-hybridized carbons (Fsp3) is 0.235. The van der Waals surface area contributed by atoms with Crippen LogP contribution in [0.5, 0.6) is 0 Å². The minimum Gasteiger partial charge on any atom is -0.337 e. The first kappa shape index (κ1) is 16.9. The Morgan fingerprint density at radius 3 is 2.54 bits per heavy atom. The Kier molecular flexibility index (Phi) is 4.60. The van der Waals surface area contributed by atoms with Gasteiger partial charge in [0.1, 0.15) is 5.82 Å². The van der Waals surface area contributed by atoms with Crippen LogP contribution in [0.2, 0.25) is 5.02 Å². The molecule has 4 nitrogen and oxygen atoms in total. The fourth-order valence-corrected chi connectivity index (χ4v) is 4.60. The fourth-order valence-electron chi connectivity index (χ4n) is 2.79. The summed E-state index contributed by atoms with van der Waals surface area (Å²) in [6.07, 6.45) is 0.353. The summed E-state index contributed by atoms with van der Waals surface area (Å²) in [5.74, 6) is -0.853. The monoisotopic (exact) mass is 367 g/mol. The molecule has 1 saturated heterocycles. The smallest absolute Gasteiger partial charge is 0.253 e. The van der Waals surface area contributed by atoms with E-state index in [-0.39, 0.29) is 22.9 Å². The molecule has 0 spiro atoms. The molecule has 1 atom stereocenters. The summed E-state index contributed by atoms with van der Waals surface area (Å²) in [5, 5.41) is -0.209. The van der Waals surface area contributed by atoms with Crippen molar-refractivity contribution in [3.05, 3.63) is 64.9 Å². The van der Waals surface area contributed by atoms with Crippen molar-refractivity contribution >= 4 is 27.3 Å². The summed E-state index contributed by atoms with van der Waals surface area (Å²) >= 11 is 5.79. The first-order valence-electron chi connectivity index (χ1n) is 7.42. The summed E-state index contributed by atoms with van der Waals surface area (Å²) in [7, 11) is -3.54. The maximum Gasteiger partial charge on any atom is 0.253 e. The maximum absolute atomic E-state index is 13.3. The van der Waals surface area contributed by atoms with Gasteiger partial charge in [0.05, 0.1) is 10.1 Å². The van der Waals surface area contributed by atoms with Gasteiger partial charge < -0.3 is 4.90 Å². The molecule has 0 N–H and O–H groups in total. The zero-order valence-corrected chi connectivity index (χ0v) is 14.2. The van der Waals surface area contributed by atoms with Crippen molar-refractivity contribution in [3.8, 4) is 0 Å². The standard InChI is InChI=1S/C17H15ClFNO3S/c18-13-4-6-15(7-5-13)24(22,23)16-8-9-20(11-16)17(21)12-2-1-3-14(19)10-12/h1-7,10,16H,8-9,11H2. The molecule has 126 valence electrons. The van der Waals surface area contributed by atoms with E-state index < -0.39 is 20.9 Å². The molecule has 0 radical (unpaired) electrons. The van der Waals surface area contributed by atoms with Crippen LogP contribution in [-0.2, 0) is 9.84 Å². The molecule has 3 rings (SSSR count). The van der Waals surface area contributed by atoms with Gasteiger partial charge in [-0.05, 0) is 48.9 Å². The van der Waals surface area contributed by atoms with Crippen LogP contribution in [0, 0.1) is 5.82 Å². The number of amides is 1. The number of sulfone groups is 1. The molecule has 24 heavy (non-hydrogen) atoms. The van der Waals surface area contributed by atoms with Gasteiger partial charge >= 0.3 is 0 Å². The molecular formula is C17H15ClFNO3S. The molecule has 1 heterocycles. The third-order valence-corrected chi connectivity index (χ3v) is 6.53. The molecular weight excluding hydrogens is 353 g/mol. The highest BCUT2D eigenvalue weighted by molar-refractivity contribution is 7.92.